The molecule has 1 aliphatic heterocycles. The predicted octanol–water partition coefficient (Wildman–Crippen LogP) is 2.00. The number of rotatable bonds is 5. The molecule has 4 nitrogen and oxygen atoms in total. The molecule has 108 valence electrons. The Balaban J connectivity index is 1.39. The van der Waals surface area contributed by atoms with Gasteiger partial charge in [0.2, 0.25) is 0 Å². The lowest BCUT2D eigenvalue weighted by molar-refractivity contribution is -0.147. The Morgan fingerprint density at radius 2 is 2.05 bits per heavy atom. The SMILES string of the molecule is O=C(OCCOc1ccccc1)C1NCC2CCCC21. The zero-order valence-electron chi connectivity index (χ0n) is 11.6. The number of para-hydroxylation sites is 1. The van der Waals surface area contributed by atoms with Crippen LogP contribution in [0.25, 0.3) is 0 Å². The molecule has 1 heterocycles. The molecule has 3 atom stereocenters. The lowest BCUT2D eigenvalue weighted by Crippen LogP contribution is -2.37. The smallest absolute Gasteiger partial charge is 0.323 e. The van der Waals surface area contributed by atoms with E-state index in [9.17, 15) is 4.79 Å². The Hall–Kier alpha value is -1.55. The summed E-state index contributed by atoms with van der Waals surface area (Å²) in [5, 5.41) is 3.30. The Morgan fingerprint density at radius 3 is 2.90 bits per heavy atom. The number of esters is 1. The number of carbonyl (C=O) groups is 1. The van der Waals surface area contributed by atoms with Gasteiger partial charge in [0, 0.05) is 0 Å². The first-order chi connectivity index (χ1) is 9.84. The first-order valence-electron chi connectivity index (χ1n) is 7.42. The van der Waals surface area contributed by atoms with Crippen molar-refractivity contribution in [2.75, 3.05) is 19.8 Å². The van der Waals surface area contributed by atoms with Crippen LogP contribution in [0.5, 0.6) is 5.75 Å². The molecule has 2 fully saturated rings. The fourth-order valence-electron chi connectivity index (χ4n) is 3.35. The van der Waals surface area contributed by atoms with Crippen LogP contribution in [0.15, 0.2) is 30.3 Å². The van der Waals surface area contributed by atoms with Gasteiger partial charge >= 0.3 is 5.97 Å². The van der Waals surface area contributed by atoms with E-state index >= 15 is 0 Å². The van der Waals surface area contributed by atoms with E-state index in [-0.39, 0.29) is 12.0 Å². The molecule has 1 aromatic carbocycles. The summed E-state index contributed by atoms with van der Waals surface area (Å²) in [6, 6.07) is 9.47. The summed E-state index contributed by atoms with van der Waals surface area (Å²) in [5.74, 6) is 1.85. The second kappa shape index (κ2) is 6.27. The van der Waals surface area contributed by atoms with E-state index in [1.807, 2.05) is 30.3 Å². The summed E-state index contributed by atoms with van der Waals surface area (Å²) in [6.45, 7) is 1.67. The molecule has 20 heavy (non-hydrogen) atoms. The van der Waals surface area contributed by atoms with E-state index in [0.29, 0.717) is 25.0 Å². The van der Waals surface area contributed by atoms with Crippen LogP contribution in [0.4, 0.5) is 0 Å². The van der Waals surface area contributed by atoms with Gasteiger partial charge in [0.25, 0.3) is 0 Å². The molecular formula is C16H21NO3. The largest absolute Gasteiger partial charge is 0.490 e. The van der Waals surface area contributed by atoms with Crippen LogP contribution in [-0.2, 0) is 9.53 Å². The van der Waals surface area contributed by atoms with Crippen molar-refractivity contribution >= 4 is 5.97 Å². The van der Waals surface area contributed by atoms with Crippen molar-refractivity contribution < 1.29 is 14.3 Å². The third-order valence-corrected chi connectivity index (χ3v) is 4.34. The lowest BCUT2D eigenvalue weighted by atomic mass is 9.94. The van der Waals surface area contributed by atoms with E-state index in [0.717, 1.165) is 18.7 Å². The summed E-state index contributed by atoms with van der Waals surface area (Å²) in [4.78, 5) is 12.1. The van der Waals surface area contributed by atoms with Crippen molar-refractivity contribution in [1.29, 1.82) is 0 Å². The van der Waals surface area contributed by atoms with Crippen molar-refractivity contribution in [3.05, 3.63) is 30.3 Å². The van der Waals surface area contributed by atoms with Gasteiger partial charge in [-0.3, -0.25) is 4.79 Å². The lowest BCUT2D eigenvalue weighted by Gasteiger charge is -2.17. The maximum atomic E-state index is 12.1. The molecular weight excluding hydrogens is 254 g/mol. The molecule has 0 radical (unpaired) electrons. The van der Waals surface area contributed by atoms with Gasteiger partial charge in [0.05, 0.1) is 0 Å². The average Bonchev–Trinajstić information content (AvgIpc) is 3.07. The molecule has 0 bridgehead atoms. The molecule has 1 N–H and O–H groups in total. The van der Waals surface area contributed by atoms with Crippen molar-refractivity contribution in [2.45, 2.75) is 25.3 Å². The summed E-state index contributed by atoms with van der Waals surface area (Å²) in [6.07, 6.45) is 3.65. The van der Waals surface area contributed by atoms with Gasteiger partial charge in [-0.15, -0.1) is 0 Å². The maximum Gasteiger partial charge on any atom is 0.323 e. The van der Waals surface area contributed by atoms with Gasteiger partial charge in [-0.25, -0.2) is 0 Å². The number of hydrogen-bond donors (Lipinski definition) is 1. The van der Waals surface area contributed by atoms with E-state index in [4.69, 9.17) is 9.47 Å². The van der Waals surface area contributed by atoms with Crippen LogP contribution < -0.4 is 10.1 Å². The molecule has 2 aliphatic rings. The predicted molar refractivity (Wildman–Crippen MR) is 75.5 cm³/mol. The summed E-state index contributed by atoms with van der Waals surface area (Å²) in [7, 11) is 0. The normalized spacial score (nSPS) is 28.1. The molecule has 1 saturated carbocycles. The minimum Gasteiger partial charge on any atom is -0.490 e. The molecule has 0 spiro atoms. The fourth-order valence-corrected chi connectivity index (χ4v) is 3.35. The molecule has 1 aromatic rings. The molecule has 4 heteroatoms. The van der Waals surface area contributed by atoms with Crippen molar-refractivity contribution in [3.63, 3.8) is 0 Å². The molecule has 1 aliphatic carbocycles. The standard InChI is InChI=1S/C16H21NO3/c18-16(15-14-8-4-5-12(14)11-17-15)20-10-9-19-13-6-2-1-3-7-13/h1-3,6-7,12,14-15,17H,4-5,8-11H2. The Labute approximate surface area is 119 Å². The monoisotopic (exact) mass is 275 g/mol. The van der Waals surface area contributed by atoms with E-state index < -0.39 is 0 Å². The minimum atomic E-state index is -0.115. The quantitative estimate of drug-likeness (QED) is 0.659. The van der Waals surface area contributed by atoms with Crippen LogP contribution in [-0.4, -0.2) is 31.8 Å². The first-order valence-corrected chi connectivity index (χ1v) is 7.42. The highest BCUT2D eigenvalue weighted by Gasteiger charge is 2.43. The zero-order valence-corrected chi connectivity index (χ0v) is 11.6. The molecule has 0 amide bonds. The summed E-state index contributed by atoms with van der Waals surface area (Å²) < 4.78 is 10.8. The van der Waals surface area contributed by atoms with Crippen LogP contribution in [0.3, 0.4) is 0 Å². The fraction of sp³-hybridized carbons (Fsp3) is 0.562. The van der Waals surface area contributed by atoms with Crippen LogP contribution >= 0.6 is 0 Å². The van der Waals surface area contributed by atoms with Crippen LogP contribution in [0.1, 0.15) is 19.3 Å². The van der Waals surface area contributed by atoms with Crippen molar-refractivity contribution in [1.82, 2.24) is 5.32 Å². The molecule has 3 rings (SSSR count). The van der Waals surface area contributed by atoms with Gasteiger partial charge in [0.1, 0.15) is 25.0 Å². The van der Waals surface area contributed by atoms with E-state index in [2.05, 4.69) is 5.32 Å². The zero-order chi connectivity index (χ0) is 13.8. The highest BCUT2D eigenvalue weighted by atomic mass is 16.6. The van der Waals surface area contributed by atoms with E-state index in [1.54, 1.807) is 0 Å². The molecule has 0 aromatic heterocycles. The Bertz CT molecular complexity index is 448. The summed E-state index contributed by atoms with van der Waals surface area (Å²) in [5.41, 5.74) is 0. The minimum absolute atomic E-state index is 0.0979. The highest BCUT2D eigenvalue weighted by Crippen LogP contribution is 2.37. The number of hydrogen-bond acceptors (Lipinski definition) is 4. The highest BCUT2D eigenvalue weighted by molar-refractivity contribution is 5.76. The third-order valence-electron chi connectivity index (χ3n) is 4.34. The first kappa shape index (κ1) is 13.4. The number of carbonyl (C=O) groups excluding carboxylic acids is 1. The number of benzene rings is 1. The van der Waals surface area contributed by atoms with Crippen molar-refractivity contribution in [3.8, 4) is 5.75 Å². The van der Waals surface area contributed by atoms with Gasteiger partial charge in [0.15, 0.2) is 0 Å². The Kier molecular flexibility index (Phi) is 4.21. The summed E-state index contributed by atoms with van der Waals surface area (Å²) >= 11 is 0. The van der Waals surface area contributed by atoms with Gasteiger partial charge in [-0.05, 0) is 43.4 Å². The van der Waals surface area contributed by atoms with Crippen LogP contribution in [0, 0.1) is 11.8 Å². The average molecular weight is 275 g/mol. The maximum absolute atomic E-state index is 12.1. The van der Waals surface area contributed by atoms with E-state index in [1.165, 1.54) is 12.8 Å². The van der Waals surface area contributed by atoms with Crippen LogP contribution in [0.2, 0.25) is 0 Å². The molecule has 1 saturated heterocycles. The number of fused-ring (bicyclic) bond motifs is 1. The second-order valence-corrected chi connectivity index (χ2v) is 5.57. The van der Waals surface area contributed by atoms with Gasteiger partial charge < -0.3 is 14.8 Å². The topological polar surface area (TPSA) is 47.6 Å². The number of ether oxygens (including phenoxy) is 2. The van der Waals surface area contributed by atoms with Crippen molar-refractivity contribution in [2.24, 2.45) is 11.8 Å². The number of nitrogens with one attached hydrogen (secondary N) is 1. The third kappa shape index (κ3) is 2.96. The van der Waals surface area contributed by atoms with Gasteiger partial charge in [-0.2, -0.15) is 0 Å². The Morgan fingerprint density at radius 1 is 1.20 bits per heavy atom. The van der Waals surface area contributed by atoms with Gasteiger partial charge in [-0.1, -0.05) is 24.6 Å². The second-order valence-electron chi connectivity index (χ2n) is 5.57. The molecule has 3 unspecified atom stereocenters.